The first kappa shape index (κ1) is 23.2. The van der Waals surface area contributed by atoms with Crippen molar-refractivity contribution in [1.82, 2.24) is 4.98 Å². The number of primary amides is 1. The van der Waals surface area contributed by atoms with Crippen LogP contribution in [0, 0.1) is 11.6 Å². The molecule has 4 N–H and O–H groups in total. The number of halogens is 2. The number of anilines is 4. The number of aromatic nitrogens is 1. The molecule has 3 aromatic rings. The highest BCUT2D eigenvalue weighted by molar-refractivity contribution is 5.98. The summed E-state index contributed by atoms with van der Waals surface area (Å²) >= 11 is 0. The Morgan fingerprint density at radius 1 is 1.12 bits per heavy atom. The number of hydrogen-bond acceptors (Lipinski definition) is 7. The van der Waals surface area contributed by atoms with Crippen LogP contribution < -0.4 is 26.0 Å². The third kappa shape index (κ3) is 5.52. The lowest BCUT2D eigenvalue weighted by atomic mass is 10.1. The second-order valence-electron chi connectivity index (χ2n) is 7.72. The van der Waals surface area contributed by atoms with Crippen LogP contribution in [0.15, 0.2) is 48.7 Å². The van der Waals surface area contributed by atoms with Gasteiger partial charge in [0.15, 0.2) is 0 Å². The van der Waals surface area contributed by atoms with Crippen LogP contribution in [0.5, 0.6) is 5.75 Å². The van der Waals surface area contributed by atoms with Crippen molar-refractivity contribution >= 4 is 28.8 Å². The number of nitrogens with two attached hydrogens (primary N) is 1. The van der Waals surface area contributed by atoms with Crippen molar-refractivity contribution < 1.29 is 23.0 Å². The van der Waals surface area contributed by atoms with Gasteiger partial charge in [-0.2, -0.15) is 0 Å². The van der Waals surface area contributed by atoms with Gasteiger partial charge in [0.1, 0.15) is 23.2 Å². The fourth-order valence-corrected chi connectivity index (χ4v) is 3.72. The zero-order chi connectivity index (χ0) is 24.1. The topological polar surface area (TPSA) is 102 Å². The number of methoxy groups -OCH3 is 1. The Hall–Kier alpha value is -3.92. The molecule has 0 radical (unpaired) electrons. The number of pyridine rings is 1. The maximum Gasteiger partial charge on any atom is 0.252 e. The number of ether oxygens (including phenoxy) is 2. The molecule has 1 fully saturated rings. The summed E-state index contributed by atoms with van der Waals surface area (Å²) in [5, 5.41) is 6.19. The van der Waals surface area contributed by atoms with E-state index in [1.807, 2.05) is 18.2 Å². The minimum Gasteiger partial charge on any atom is -0.494 e. The van der Waals surface area contributed by atoms with Crippen molar-refractivity contribution in [2.24, 2.45) is 5.73 Å². The highest BCUT2D eigenvalue weighted by Crippen LogP contribution is 2.33. The van der Waals surface area contributed by atoms with E-state index in [4.69, 9.17) is 15.2 Å². The van der Waals surface area contributed by atoms with Crippen LogP contribution in [0.2, 0.25) is 0 Å². The van der Waals surface area contributed by atoms with Crippen LogP contribution in [-0.2, 0) is 11.3 Å². The van der Waals surface area contributed by atoms with Crippen molar-refractivity contribution in [2.45, 2.75) is 6.54 Å². The van der Waals surface area contributed by atoms with Gasteiger partial charge in [-0.25, -0.2) is 13.8 Å². The Morgan fingerprint density at radius 2 is 1.85 bits per heavy atom. The molecule has 1 aliphatic heterocycles. The van der Waals surface area contributed by atoms with E-state index in [1.165, 1.54) is 18.3 Å². The van der Waals surface area contributed by atoms with Crippen LogP contribution in [0.25, 0.3) is 0 Å². The van der Waals surface area contributed by atoms with E-state index in [0.717, 1.165) is 24.8 Å². The summed E-state index contributed by atoms with van der Waals surface area (Å²) in [6, 6.07) is 10.6. The van der Waals surface area contributed by atoms with E-state index < -0.39 is 17.5 Å². The number of hydrogen-bond donors (Lipinski definition) is 3. The van der Waals surface area contributed by atoms with Crippen LogP contribution in [0.1, 0.15) is 15.9 Å². The number of rotatable bonds is 8. The smallest absolute Gasteiger partial charge is 0.252 e. The Bertz CT molecular complexity index is 1170. The molecule has 0 bridgehead atoms. The van der Waals surface area contributed by atoms with Crippen molar-refractivity contribution in [3.63, 3.8) is 0 Å². The van der Waals surface area contributed by atoms with E-state index in [-0.39, 0.29) is 12.1 Å². The molecular formula is C24H25F2N5O3. The number of nitrogens with zero attached hydrogens (tertiary/aromatic N) is 2. The molecule has 178 valence electrons. The Morgan fingerprint density at radius 3 is 2.53 bits per heavy atom. The number of morpholine rings is 1. The number of benzene rings is 2. The lowest BCUT2D eigenvalue weighted by Crippen LogP contribution is -2.36. The molecule has 8 nitrogen and oxygen atoms in total. The maximum atomic E-state index is 13.5. The molecule has 0 atom stereocenters. The molecule has 0 aliphatic carbocycles. The average Bonchev–Trinajstić information content (AvgIpc) is 2.83. The average molecular weight is 469 g/mol. The van der Waals surface area contributed by atoms with Crippen molar-refractivity contribution in [1.29, 1.82) is 0 Å². The van der Waals surface area contributed by atoms with Crippen LogP contribution in [0.3, 0.4) is 0 Å². The van der Waals surface area contributed by atoms with Gasteiger partial charge in [0.2, 0.25) is 0 Å². The SMILES string of the molecule is COc1cc(N2CCOCC2)ccc1Nc1cc(NCc2cc(F)cc(F)c2)c(C(N)=O)cn1. The molecule has 34 heavy (non-hydrogen) atoms. The van der Waals surface area contributed by atoms with E-state index in [0.29, 0.717) is 41.7 Å². The molecule has 10 heteroatoms. The van der Waals surface area contributed by atoms with E-state index in [2.05, 4.69) is 20.5 Å². The van der Waals surface area contributed by atoms with Gasteiger partial charge in [0.25, 0.3) is 5.91 Å². The van der Waals surface area contributed by atoms with Gasteiger partial charge in [-0.1, -0.05) is 0 Å². The number of nitrogens with one attached hydrogen (secondary N) is 2. The normalized spacial score (nSPS) is 13.4. The van der Waals surface area contributed by atoms with Gasteiger partial charge in [0.05, 0.1) is 37.3 Å². The van der Waals surface area contributed by atoms with Crippen LogP contribution in [-0.4, -0.2) is 44.3 Å². The number of carbonyl (C=O) groups excluding carboxylic acids is 1. The number of amides is 1. The summed E-state index contributed by atoms with van der Waals surface area (Å²) in [6.07, 6.45) is 1.34. The third-order valence-corrected chi connectivity index (χ3v) is 5.40. The Labute approximate surface area is 195 Å². The molecule has 0 spiro atoms. The zero-order valence-electron chi connectivity index (χ0n) is 18.6. The number of carbonyl (C=O) groups is 1. The standard InChI is InChI=1S/C24H25F2N5O3/c1-33-22-11-18(31-4-6-34-7-5-31)2-3-20(22)30-23-12-21(19(14-29-23)24(27)32)28-13-15-8-16(25)10-17(26)9-15/h2-3,8-12,14H,4-7,13H2,1H3,(H2,27,32)(H2,28,29,30). The summed E-state index contributed by atoms with van der Waals surface area (Å²) in [5.74, 6) is -1.00. The first-order valence-corrected chi connectivity index (χ1v) is 10.7. The van der Waals surface area contributed by atoms with Gasteiger partial charge >= 0.3 is 0 Å². The lowest BCUT2D eigenvalue weighted by molar-refractivity contribution is 0.100. The highest BCUT2D eigenvalue weighted by Gasteiger charge is 2.15. The summed E-state index contributed by atoms with van der Waals surface area (Å²) in [4.78, 5) is 18.4. The summed E-state index contributed by atoms with van der Waals surface area (Å²) in [6.45, 7) is 3.04. The second kappa shape index (κ2) is 10.3. The first-order valence-electron chi connectivity index (χ1n) is 10.7. The lowest BCUT2D eigenvalue weighted by Gasteiger charge is -2.29. The fraction of sp³-hybridized carbons (Fsp3) is 0.250. The van der Waals surface area contributed by atoms with Crippen LogP contribution in [0.4, 0.5) is 31.7 Å². The molecular weight excluding hydrogens is 444 g/mol. The highest BCUT2D eigenvalue weighted by atomic mass is 19.1. The van der Waals surface area contributed by atoms with Gasteiger partial charge in [-0.3, -0.25) is 4.79 Å². The molecule has 1 saturated heterocycles. The van der Waals surface area contributed by atoms with Crippen LogP contribution >= 0.6 is 0 Å². The van der Waals surface area contributed by atoms with Crippen molar-refractivity contribution in [3.05, 3.63) is 71.4 Å². The van der Waals surface area contributed by atoms with Gasteiger partial charge < -0.3 is 30.7 Å². The summed E-state index contributed by atoms with van der Waals surface area (Å²) in [5.41, 5.74) is 8.07. The van der Waals surface area contributed by atoms with Gasteiger partial charge in [-0.15, -0.1) is 0 Å². The van der Waals surface area contributed by atoms with Gasteiger partial charge in [0, 0.05) is 49.7 Å². The zero-order valence-corrected chi connectivity index (χ0v) is 18.6. The monoisotopic (exact) mass is 469 g/mol. The molecule has 4 rings (SSSR count). The quantitative estimate of drug-likeness (QED) is 0.463. The Balaban J connectivity index is 1.55. The fourth-order valence-electron chi connectivity index (χ4n) is 3.72. The molecule has 1 amide bonds. The summed E-state index contributed by atoms with van der Waals surface area (Å²) < 4.78 is 38.0. The molecule has 2 heterocycles. The third-order valence-electron chi connectivity index (χ3n) is 5.40. The van der Waals surface area contributed by atoms with Gasteiger partial charge in [-0.05, 0) is 29.8 Å². The predicted molar refractivity (Wildman–Crippen MR) is 126 cm³/mol. The largest absolute Gasteiger partial charge is 0.494 e. The maximum absolute atomic E-state index is 13.5. The molecule has 2 aromatic carbocycles. The van der Waals surface area contributed by atoms with Crippen molar-refractivity contribution in [3.8, 4) is 5.75 Å². The molecule has 0 unspecified atom stereocenters. The Kier molecular flexibility index (Phi) is 7.07. The summed E-state index contributed by atoms with van der Waals surface area (Å²) in [7, 11) is 1.58. The molecule has 1 aromatic heterocycles. The minimum absolute atomic E-state index is 0.0793. The minimum atomic E-state index is -0.684. The van der Waals surface area contributed by atoms with E-state index in [9.17, 15) is 13.6 Å². The second-order valence-corrected chi connectivity index (χ2v) is 7.72. The molecule has 1 aliphatic rings. The predicted octanol–water partition coefficient (Wildman–Crippen LogP) is 3.66. The van der Waals surface area contributed by atoms with E-state index >= 15 is 0 Å². The van der Waals surface area contributed by atoms with Crippen molar-refractivity contribution in [2.75, 3.05) is 48.9 Å². The molecule has 0 saturated carbocycles. The van der Waals surface area contributed by atoms with E-state index in [1.54, 1.807) is 13.2 Å². The first-order chi connectivity index (χ1) is 16.4.